The molecule has 0 aliphatic heterocycles. The number of benzene rings is 3. The molecule has 4 aromatic rings. The number of fused-ring (bicyclic) bond motifs is 1. The Morgan fingerprint density at radius 2 is 1.83 bits per heavy atom. The molecule has 3 aromatic carbocycles. The quantitative estimate of drug-likeness (QED) is 0.378. The van der Waals surface area contributed by atoms with Gasteiger partial charge in [0.2, 0.25) is 0 Å². The van der Waals surface area contributed by atoms with Gasteiger partial charge in [-0.15, -0.1) is 0 Å². The molecule has 4 rings (SSSR count). The molecule has 7 heteroatoms. The average molecular weight is 469 g/mol. The number of methoxy groups -OCH3 is 1. The van der Waals surface area contributed by atoms with Gasteiger partial charge in [-0.1, -0.05) is 54.1 Å². The second-order valence-electron chi connectivity index (χ2n) is 6.19. The Morgan fingerprint density at radius 1 is 1.10 bits per heavy atom. The molecule has 0 unspecified atom stereocenters. The fourth-order valence-electron chi connectivity index (χ4n) is 3.02. The zero-order valence-corrected chi connectivity index (χ0v) is 17.7. The van der Waals surface area contributed by atoms with E-state index < -0.39 is 0 Å². The topological polar surface area (TPSA) is 56.5 Å². The summed E-state index contributed by atoms with van der Waals surface area (Å²) in [5, 5.41) is 5.46. The molecule has 0 saturated heterocycles. The number of hydrogen-bond acceptors (Lipinski definition) is 4. The van der Waals surface area contributed by atoms with Crippen molar-refractivity contribution in [3.8, 4) is 17.1 Å². The predicted molar refractivity (Wildman–Crippen MR) is 120 cm³/mol. The summed E-state index contributed by atoms with van der Waals surface area (Å²) in [5.74, 6) is 1.02. The van der Waals surface area contributed by atoms with Crippen LogP contribution in [0.3, 0.4) is 0 Å². The third kappa shape index (κ3) is 3.81. The van der Waals surface area contributed by atoms with Crippen molar-refractivity contribution < 1.29 is 4.74 Å². The largest absolute Gasteiger partial charge is 0.495 e. The van der Waals surface area contributed by atoms with Gasteiger partial charge in [0.1, 0.15) is 5.75 Å². The normalized spacial score (nSPS) is 11.3. The van der Waals surface area contributed by atoms with Crippen LogP contribution in [0.5, 0.6) is 5.75 Å². The summed E-state index contributed by atoms with van der Waals surface area (Å²) >= 11 is 9.60. The van der Waals surface area contributed by atoms with Gasteiger partial charge in [-0.25, -0.2) is 4.98 Å². The van der Waals surface area contributed by atoms with E-state index in [1.165, 1.54) is 4.68 Å². The van der Waals surface area contributed by atoms with Gasteiger partial charge in [0.05, 0.1) is 28.7 Å². The Balaban J connectivity index is 1.95. The molecule has 1 aromatic heterocycles. The Labute approximate surface area is 180 Å². The summed E-state index contributed by atoms with van der Waals surface area (Å²) in [6.45, 7) is 0. The fourth-order valence-corrected chi connectivity index (χ4v) is 4.01. The van der Waals surface area contributed by atoms with E-state index in [2.05, 4.69) is 26.0 Å². The molecule has 0 aliphatic rings. The summed E-state index contributed by atoms with van der Waals surface area (Å²) in [6.07, 6.45) is 1.54. The maximum atomic E-state index is 13.2. The SMILES string of the molecule is COc1c(Br)cc(Cl)cc1C=Nn1c(-c2ccccc2)nc2ccccc2c1=O. The molecule has 29 heavy (non-hydrogen) atoms. The second-order valence-corrected chi connectivity index (χ2v) is 7.48. The molecule has 0 saturated carbocycles. The molecule has 0 radical (unpaired) electrons. The van der Waals surface area contributed by atoms with Crippen molar-refractivity contribution >= 4 is 44.6 Å². The van der Waals surface area contributed by atoms with Crippen molar-refractivity contribution in [2.75, 3.05) is 7.11 Å². The lowest BCUT2D eigenvalue weighted by atomic mass is 10.2. The minimum absolute atomic E-state index is 0.259. The van der Waals surface area contributed by atoms with Crippen molar-refractivity contribution in [3.63, 3.8) is 0 Å². The summed E-state index contributed by atoms with van der Waals surface area (Å²) in [7, 11) is 1.56. The number of ether oxygens (including phenoxy) is 1. The van der Waals surface area contributed by atoms with Gasteiger partial charge in [0, 0.05) is 16.1 Å². The summed E-state index contributed by atoms with van der Waals surface area (Å²) in [5.41, 5.74) is 1.77. The highest BCUT2D eigenvalue weighted by molar-refractivity contribution is 9.10. The molecule has 0 bridgehead atoms. The Hall–Kier alpha value is -2.96. The Morgan fingerprint density at radius 3 is 2.59 bits per heavy atom. The number of aromatic nitrogens is 2. The highest BCUT2D eigenvalue weighted by Crippen LogP contribution is 2.31. The highest BCUT2D eigenvalue weighted by atomic mass is 79.9. The smallest absolute Gasteiger partial charge is 0.282 e. The van der Waals surface area contributed by atoms with Crippen molar-refractivity contribution in [1.82, 2.24) is 9.66 Å². The minimum atomic E-state index is -0.259. The molecule has 1 heterocycles. The van der Waals surface area contributed by atoms with Crippen molar-refractivity contribution in [1.29, 1.82) is 0 Å². The van der Waals surface area contributed by atoms with Crippen LogP contribution in [0.25, 0.3) is 22.3 Å². The minimum Gasteiger partial charge on any atom is -0.495 e. The third-order valence-electron chi connectivity index (χ3n) is 4.34. The maximum absolute atomic E-state index is 13.2. The van der Waals surface area contributed by atoms with Crippen LogP contribution in [0.15, 0.2) is 81.1 Å². The first-order chi connectivity index (χ1) is 14.1. The molecule has 0 spiro atoms. The first-order valence-corrected chi connectivity index (χ1v) is 9.90. The van der Waals surface area contributed by atoms with Crippen LogP contribution in [0.4, 0.5) is 0 Å². The van der Waals surface area contributed by atoms with Crippen molar-refractivity contribution in [3.05, 3.63) is 92.1 Å². The van der Waals surface area contributed by atoms with E-state index in [0.717, 1.165) is 5.56 Å². The van der Waals surface area contributed by atoms with Gasteiger partial charge in [-0.05, 0) is 40.2 Å². The van der Waals surface area contributed by atoms with E-state index >= 15 is 0 Å². The third-order valence-corrected chi connectivity index (χ3v) is 5.15. The molecule has 0 fully saturated rings. The van der Waals surface area contributed by atoms with E-state index in [0.29, 0.717) is 37.5 Å². The van der Waals surface area contributed by atoms with E-state index in [9.17, 15) is 4.79 Å². The van der Waals surface area contributed by atoms with Gasteiger partial charge in [-0.2, -0.15) is 9.78 Å². The van der Waals surface area contributed by atoms with Gasteiger partial charge < -0.3 is 4.74 Å². The highest BCUT2D eigenvalue weighted by Gasteiger charge is 2.13. The molecule has 0 amide bonds. The lowest BCUT2D eigenvalue weighted by Crippen LogP contribution is -2.20. The molecular weight excluding hydrogens is 454 g/mol. The van der Waals surface area contributed by atoms with Crippen molar-refractivity contribution in [2.24, 2.45) is 5.10 Å². The number of nitrogens with zero attached hydrogens (tertiary/aromatic N) is 3. The standard InChI is InChI=1S/C22H15BrClN3O2/c1-29-20-15(11-16(24)12-18(20)23)13-25-27-21(14-7-3-2-4-8-14)26-19-10-6-5-9-17(19)22(27)28/h2-13H,1H3. The van der Waals surface area contributed by atoms with Crippen LogP contribution in [0.2, 0.25) is 5.02 Å². The monoisotopic (exact) mass is 467 g/mol. The van der Waals surface area contributed by atoms with Gasteiger partial charge in [0.25, 0.3) is 5.56 Å². The van der Waals surface area contributed by atoms with Crippen LogP contribution in [0.1, 0.15) is 5.56 Å². The Kier molecular flexibility index (Phi) is 5.47. The van der Waals surface area contributed by atoms with Gasteiger partial charge in [0.15, 0.2) is 5.82 Å². The molecule has 0 atom stereocenters. The predicted octanol–water partition coefficient (Wildman–Crippen LogP) is 5.37. The van der Waals surface area contributed by atoms with Crippen LogP contribution in [-0.2, 0) is 0 Å². The van der Waals surface area contributed by atoms with Gasteiger partial charge in [-0.3, -0.25) is 4.79 Å². The molecular formula is C22H15BrClN3O2. The summed E-state index contributed by atoms with van der Waals surface area (Å²) in [6, 6.07) is 20.1. The summed E-state index contributed by atoms with van der Waals surface area (Å²) < 4.78 is 7.43. The lowest BCUT2D eigenvalue weighted by molar-refractivity contribution is 0.411. The summed E-state index contributed by atoms with van der Waals surface area (Å²) in [4.78, 5) is 17.9. The average Bonchev–Trinajstić information content (AvgIpc) is 2.73. The Bertz CT molecular complexity index is 1290. The van der Waals surface area contributed by atoms with Gasteiger partial charge >= 0.3 is 0 Å². The van der Waals surface area contributed by atoms with Crippen molar-refractivity contribution in [2.45, 2.75) is 0 Å². The molecule has 0 aliphatic carbocycles. The van der Waals surface area contributed by atoms with Crippen LogP contribution in [0, 0.1) is 0 Å². The van der Waals surface area contributed by atoms with E-state index in [4.69, 9.17) is 16.3 Å². The van der Waals surface area contributed by atoms with Crippen LogP contribution >= 0.6 is 27.5 Å². The first-order valence-electron chi connectivity index (χ1n) is 8.73. The number of para-hydroxylation sites is 1. The van der Waals surface area contributed by atoms with Crippen LogP contribution in [-0.4, -0.2) is 23.0 Å². The number of halogens is 2. The lowest BCUT2D eigenvalue weighted by Gasteiger charge is -2.10. The zero-order valence-electron chi connectivity index (χ0n) is 15.3. The van der Waals surface area contributed by atoms with E-state index in [-0.39, 0.29) is 5.56 Å². The number of hydrogen-bond donors (Lipinski definition) is 0. The fraction of sp³-hybridized carbons (Fsp3) is 0.0455. The molecule has 0 N–H and O–H groups in total. The van der Waals surface area contributed by atoms with Crippen LogP contribution < -0.4 is 10.3 Å². The maximum Gasteiger partial charge on any atom is 0.282 e. The molecule has 144 valence electrons. The van der Waals surface area contributed by atoms with E-state index in [1.54, 1.807) is 37.6 Å². The second kappa shape index (κ2) is 8.19. The van der Waals surface area contributed by atoms with E-state index in [1.807, 2.05) is 42.5 Å². The zero-order chi connectivity index (χ0) is 20.4. The molecule has 5 nitrogen and oxygen atoms in total. The first kappa shape index (κ1) is 19.4. The number of rotatable bonds is 4.